The van der Waals surface area contributed by atoms with E-state index in [-0.39, 0.29) is 16.4 Å². The second-order valence-corrected chi connectivity index (χ2v) is 5.27. The van der Waals surface area contributed by atoms with E-state index < -0.39 is 17.4 Å². The molecular formula is C13H12ClFO3. The zero-order valence-corrected chi connectivity index (χ0v) is 11.0. The number of furan rings is 1. The van der Waals surface area contributed by atoms with Gasteiger partial charge in [-0.25, -0.2) is 9.18 Å². The topological polar surface area (TPSA) is 39.4 Å². The summed E-state index contributed by atoms with van der Waals surface area (Å²) in [7, 11) is 0. The van der Waals surface area contributed by atoms with Gasteiger partial charge in [0, 0.05) is 11.5 Å². The highest BCUT2D eigenvalue weighted by atomic mass is 35.5. The van der Waals surface area contributed by atoms with Crippen LogP contribution >= 0.6 is 11.6 Å². The smallest absolute Gasteiger partial charge is 0.345 e. The molecule has 96 valence electrons. The van der Waals surface area contributed by atoms with E-state index in [4.69, 9.17) is 20.8 Å². The van der Waals surface area contributed by atoms with Crippen molar-refractivity contribution >= 4 is 28.5 Å². The second kappa shape index (κ2) is 4.28. The summed E-state index contributed by atoms with van der Waals surface area (Å²) >= 11 is 5.70. The van der Waals surface area contributed by atoms with Gasteiger partial charge < -0.3 is 9.15 Å². The molecule has 18 heavy (non-hydrogen) atoms. The van der Waals surface area contributed by atoms with Crippen LogP contribution in [0.25, 0.3) is 11.0 Å². The Balaban J connectivity index is 2.55. The van der Waals surface area contributed by atoms with Crippen molar-refractivity contribution < 1.29 is 18.3 Å². The molecule has 0 saturated heterocycles. The summed E-state index contributed by atoms with van der Waals surface area (Å²) in [6, 6.07) is 4.20. The van der Waals surface area contributed by atoms with Crippen molar-refractivity contribution in [3.8, 4) is 0 Å². The van der Waals surface area contributed by atoms with Gasteiger partial charge in [0.05, 0.1) is 0 Å². The molecule has 0 spiro atoms. The van der Waals surface area contributed by atoms with Gasteiger partial charge in [-0.2, -0.15) is 0 Å². The standard InChI is InChI=1S/C13H12ClFO3/c1-13(2,3)18-12(16)10-8(15)5-4-7-6-9(14)17-11(7)10/h4-6H,1-3H3. The highest BCUT2D eigenvalue weighted by molar-refractivity contribution is 6.30. The van der Waals surface area contributed by atoms with Crippen molar-refractivity contribution in [1.82, 2.24) is 0 Å². The molecule has 3 nitrogen and oxygen atoms in total. The first-order valence-corrected chi connectivity index (χ1v) is 5.76. The van der Waals surface area contributed by atoms with Crippen molar-refractivity contribution in [3.63, 3.8) is 0 Å². The highest BCUT2D eigenvalue weighted by Gasteiger charge is 2.25. The molecule has 0 aliphatic heterocycles. The number of carbonyl (C=O) groups is 1. The normalized spacial score (nSPS) is 11.8. The number of halogens is 2. The fourth-order valence-corrected chi connectivity index (χ4v) is 1.76. The van der Waals surface area contributed by atoms with Crippen LogP contribution in [0.15, 0.2) is 22.6 Å². The number of rotatable bonds is 1. The lowest BCUT2D eigenvalue weighted by atomic mass is 10.1. The maximum atomic E-state index is 13.8. The van der Waals surface area contributed by atoms with Gasteiger partial charge in [0.1, 0.15) is 17.0 Å². The van der Waals surface area contributed by atoms with Crippen LogP contribution in [0, 0.1) is 5.82 Å². The molecule has 2 rings (SSSR count). The Kier molecular flexibility index (Phi) is 3.07. The molecule has 1 aromatic heterocycles. The van der Waals surface area contributed by atoms with Gasteiger partial charge >= 0.3 is 5.97 Å². The van der Waals surface area contributed by atoms with E-state index in [1.807, 2.05) is 0 Å². The fraction of sp³-hybridized carbons (Fsp3) is 0.308. The number of ether oxygens (including phenoxy) is 1. The van der Waals surface area contributed by atoms with Crippen LogP contribution in [0.1, 0.15) is 31.1 Å². The fourth-order valence-electron chi connectivity index (χ4n) is 1.57. The minimum atomic E-state index is -0.767. The van der Waals surface area contributed by atoms with Crippen LogP contribution in [-0.2, 0) is 4.74 Å². The summed E-state index contributed by atoms with van der Waals surface area (Å²) < 4.78 is 24.0. The van der Waals surface area contributed by atoms with Gasteiger partial charge in [0.2, 0.25) is 0 Å². The van der Waals surface area contributed by atoms with Crippen molar-refractivity contribution in [1.29, 1.82) is 0 Å². The first-order valence-electron chi connectivity index (χ1n) is 5.39. The van der Waals surface area contributed by atoms with Crippen molar-refractivity contribution in [2.75, 3.05) is 0 Å². The molecule has 0 saturated carbocycles. The quantitative estimate of drug-likeness (QED) is 0.730. The van der Waals surface area contributed by atoms with Crippen molar-refractivity contribution in [2.45, 2.75) is 26.4 Å². The predicted molar refractivity (Wildman–Crippen MR) is 66.4 cm³/mol. The maximum absolute atomic E-state index is 13.8. The average molecular weight is 271 g/mol. The van der Waals surface area contributed by atoms with E-state index in [0.717, 1.165) is 0 Å². The summed E-state index contributed by atoms with van der Waals surface area (Å²) in [5, 5.41) is 0.655. The van der Waals surface area contributed by atoms with Gasteiger partial charge in [-0.05, 0) is 44.5 Å². The molecule has 5 heteroatoms. The van der Waals surface area contributed by atoms with Crippen LogP contribution in [0.4, 0.5) is 4.39 Å². The minimum Gasteiger partial charge on any atom is -0.456 e. The van der Waals surface area contributed by atoms with Crippen LogP contribution < -0.4 is 0 Å². The number of hydrogen-bond acceptors (Lipinski definition) is 3. The highest BCUT2D eigenvalue weighted by Crippen LogP contribution is 2.29. The minimum absolute atomic E-state index is 0.0976. The largest absolute Gasteiger partial charge is 0.456 e. The monoisotopic (exact) mass is 270 g/mol. The average Bonchev–Trinajstić information content (AvgIpc) is 2.54. The molecule has 0 aliphatic carbocycles. The third-order valence-electron chi connectivity index (χ3n) is 2.21. The maximum Gasteiger partial charge on any atom is 0.345 e. The van der Waals surface area contributed by atoms with E-state index in [1.165, 1.54) is 18.2 Å². The number of esters is 1. The SMILES string of the molecule is CC(C)(C)OC(=O)c1c(F)ccc2cc(Cl)oc12. The molecule has 0 bridgehead atoms. The molecule has 2 aromatic rings. The van der Waals surface area contributed by atoms with Gasteiger partial charge in [-0.3, -0.25) is 0 Å². The van der Waals surface area contributed by atoms with Crippen LogP contribution in [0.2, 0.25) is 5.22 Å². The lowest BCUT2D eigenvalue weighted by Crippen LogP contribution is -2.24. The summed E-state index contributed by atoms with van der Waals surface area (Å²) in [5.74, 6) is -1.46. The molecule has 0 aliphatic rings. The van der Waals surface area contributed by atoms with Gasteiger partial charge in [-0.15, -0.1) is 0 Å². The number of hydrogen-bond donors (Lipinski definition) is 0. The number of benzene rings is 1. The second-order valence-electron chi connectivity index (χ2n) is 4.89. The Bertz CT molecular complexity index is 610. The lowest BCUT2D eigenvalue weighted by molar-refractivity contribution is 0.00660. The van der Waals surface area contributed by atoms with E-state index >= 15 is 0 Å². The van der Waals surface area contributed by atoms with Crippen LogP contribution in [0.3, 0.4) is 0 Å². The predicted octanol–water partition coefficient (Wildman–Crippen LogP) is 4.18. The van der Waals surface area contributed by atoms with Crippen LogP contribution in [0.5, 0.6) is 0 Å². The zero-order valence-electron chi connectivity index (χ0n) is 10.2. The van der Waals surface area contributed by atoms with E-state index in [2.05, 4.69) is 0 Å². The summed E-state index contributed by atoms with van der Waals surface area (Å²) in [6.07, 6.45) is 0. The molecule has 0 radical (unpaired) electrons. The Labute approximate surface area is 108 Å². The summed E-state index contributed by atoms with van der Waals surface area (Å²) in [5.41, 5.74) is -0.828. The first kappa shape index (κ1) is 12.9. The number of carbonyl (C=O) groups excluding carboxylic acids is 1. The van der Waals surface area contributed by atoms with E-state index in [9.17, 15) is 9.18 Å². The van der Waals surface area contributed by atoms with Gasteiger partial charge in [0.15, 0.2) is 10.8 Å². The molecule has 1 heterocycles. The van der Waals surface area contributed by atoms with E-state index in [1.54, 1.807) is 20.8 Å². The Morgan fingerprint density at radius 3 is 2.67 bits per heavy atom. The van der Waals surface area contributed by atoms with Crippen molar-refractivity contribution in [3.05, 3.63) is 34.8 Å². The molecular weight excluding hydrogens is 259 g/mol. The Morgan fingerprint density at radius 1 is 1.39 bits per heavy atom. The van der Waals surface area contributed by atoms with Gasteiger partial charge in [0.25, 0.3) is 0 Å². The molecule has 0 atom stereocenters. The third-order valence-corrected chi connectivity index (χ3v) is 2.40. The Morgan fingerprint density at radius 2 is 2.06 bits per heavy atom. The van der Waals surface area contributed by atoms with E-state index in [0.29, 0.717) is 5.39 Å². The van der Waals surface area contributed by atoms with Gasteiger partial charge in [-0.1, -0.05) is 0 Å². The molecule has 0 unspecified atom stereocenters. The first-order chi connectivity index (χ1) is 8.28. The summed E-state index contributed by atoms with van der Waals surface area (Å²) in [6.45, 7) is 5.12. The van der Waals surface area contributed by atoms with Crippen molar-refractivity contribution in [2.24, 2.45) is 0 Å². The molecule has 1 aromatic carbocycles. The number of fused-ring (bicyclic) bond motifs is 1. The van der Waals surface area contributed by atoms with Crippen LogP contribution in [-0.4, -0.2) is 11.6 Å². The summed E-state index contributed by atoms with van der Waals surface area (Å²) in [4.78, 5) is 11.9. The molecule has 0 fully saturated rings. The third kappa shape index (κ3) is 2.48. The lowest BCUT2D eigenvalue weighted by Gasteiger charge is -2.19. The zero-order chi connectivity index (χ0) is 13.5. The molecule has 0 N–H and O–H groups in total. The Hall–Kier alpha value is -1.55. The molecule has 0 amide bonds.